The molecule has 0 saturated carbocycles. The molecule has 1 aliphatic heterocycles. The Morgan fingerprint density at radius 2 is 1.63 bits per heavy atom. The summed E-state index contributed by atoms with van der Waals surface area (Å²) in [5, 5.41) is 12.5. The molecule has 3 nitrogen and oxygen atoms in total. The molecule has 1 fully saturated rings. The molecular formula is C16H34N2O. The zero-order valence-corrected chi connectivity index (χ0v) is 12.9. The normalized spacial score (nSPS) is 20.2. The van der Waals surface area contributed by atoms with E-state index in [0.717, 1.165) is 19.6 Å². The summed E-state index contributed by atoms with van der Waals surface area (Å²) in [7, 11) is 0. The average Bonchev–Trinajstić information content (AvgIpc) is 2.85. The van der Waals surface area contributed by atoms with Crippen molar-refractivity contribution in [3.8, 4) is 0 Å². The molecule has 0 radical (unpaired) electrons. The van der Waals surface area contributed by atoms with Gasteiger partial charge in [-0.05, 0) is 6.42 Å². The maximum Gasteiger partial charge on any atom is 0.0598 e. The summed E-state index contributed by atoms with van der Waals surface area (Å²) in [6, 6.07) is 0. The minimum atomic E-state index is 0.288. The van der Waals surface area contributed by atoms with Gasteiger partial charge >= 0.3 is 0 Å². The minimum Gasteiger partial charge on any atom is -0.395 e. The fraction of sp³-hybridized carbons (Fsp3) is 1.00. The van der Waals surface area contributed by atoms with Crippen molar-refractivity contribution in [2.75, 3.05) is 26.2 Å². The summed E-state index contributed by atoms with van der Waals surface area (Å²) in [5.41, 5.74) is 0. The molecule has 2 N–H and O–H groups in total. The van der Waals surface area contributed by atoms with Crippen molar-refractivity contribution < 1.29 is 5.11 Å². The lowest BCUT2D eigenvalue weighted by Crippen LogP contribution is -2.37. The Balaban J connectivity index is 1.87. The highest BCUT2D eigenvalue weighted by molar-refractivity contribution is 4.77. The van der Waals surface area contributed by atoms with Gasteiger partial charge in [0.25, 0.3) is 0 Å². The van der Waals surface area contributed by atoms with E-state index in [1.807, 2.05) is 0 Å². The third kappa shape index (κ3) is 7.91. The molecule has 1 saturated heterocycles. The fourth-order valence-electron chi connectivity index (χ4n) is 2.99. The summed E-state index contributed by atoms with van der Waals surface area (Å²) in [5.74, 6) is 0. The van der Waals surface area contributed by atoms with Crippen molar-refractivity contribution in [3.05, 3.63) is 0 Å². The predicted octanol–water partition coefficient (Wildman–Crippen LogP) is 3.13. The molecule has 0 aromatic rings. The number of hydrogen-bond donors (Lipinski definition) is 2. The van der Waals surface area contributed by atoms with Gasteiger partial charge in [0.1, 0.15) is 0 Å². The minimum absolute atomic E-state index is 0.288. The van der Waals surface area contributed by atoms with Gasteiger partial charge in [-0.2, -0.15) is 0 Å². The number of aliphatic hydroxyl groups excluding tert-OH is 1. The molecule has 1 aliphatic rings. The van der Waals surface area contributed by atoms with Gasteiger partial charge in [-0.25, -0.2) is 0 Å². The van der Waals surface area contributed by atoms with Gasteiger partial charge < -0.3 is 10.4 Å². The van der Waals surface area contributed by atoms with E-state index in [9.17, 15) is 0 Å². The van der Waals surface area contributed by atoms with Crippen LogP contribution in [-0.4, -0.2) is 42.4 Å². The van der Waals surface area contributed by atoms with E-state index in [0.29, 0.717) is 6.17 Å². The third-order valence-electron chi connectivity index (χ3n) is 4.19. The topological polar surface area (TPSA) is 35.5 Å². The zero-order valence-electron chi connectivity index (χ0n) is 12.9. The van der Waals surface area contributed by atoms with E-state index in [1.165, 1.54) is 64.2 Å². The Bertz CT molecular complexity index is 199. The first-order chi connectivity index (χ1) is 9.38. The van der Waals surface area contributed by atoms with E-state index in [2.05, 4.69) is 17.1 Å². The average molecular weight is 270 g/mol. The lowest BCUT2D eigenvalue weighted by atomic mass is 10.1. The summed E-state index contributed by atoms with van der Waals surface area (Å²) in [4.78, 5) is 2.38. The van der Waals surface area contributed by atoms with Gasteiger partial charge in [-0.3, -0.25) is 4.90 Å². The van der Waals surface area contributed by atoms with Crippen molar-refractivity contribution in [1.29, 1.82) is 0 Å². The van der Waals surface area contributed by atoms with Crippen LogP contribution < -0.4 is 5.32 Å². The zero-order chi connectivity index (χ0) is 13.8. The molecule has 0 aromatic heterocycles. The van der Waals surface area contributed by atoms with Crippen LogP contribution in [0.2, 0.25) is 0 Å². The van der Waals surface area contributed by atoms with Crippen molar-refractivity contribution >= 4 is 0 Å². The quantitative estimate of drug-likeness (QED) is 0.535. The fourth-order valence-corrected chi connectivity index (χ4v) is 2.99. The van der Waals surface area contributed by atoms with Crippen LogP contribution in [0.4, 0.5) is 0 Å². The SMILES string of the molecule is CCCCCCCCCCCC1NCCN1CCO. The van der Waals surface area contributed by atoms with Crippen LogP contribution in [0.15, 0.2) is 0 Å². The molecule has 114 valence electrons. The molecule has 19 heavy (non-hydrogen) atoms. The Labute approximate surface area is 119 Å². The van der Waals surface area contributed by atoms with Gasteiger partial charge in [0.2, 0.25) is 0 Å². The molecule has 1 atom stereocenters. The monoisotopic (exact) mass is 270 g/mol. The molecule has 3 heteroatoms. The highest BCUT2D eigenvalue weighted by atomic mass is 16.3. The van der Waals surface area contributed by atoms with Crippen molar-refractivity contribution in [3.63, 3.8) is 0 Å². The van der Waals surface area contributed by atoms with Crippen molar-refractivity contribution in [1.82, 2.24) is 10.2 Å². The first-order valence-electron chi connectivity index (χ1n) is 8.46. The second-order valence-corrected chi connectivity index (χ2v) is 5.85. The number of β-amino-alcohol motifs (C(OH)–C–C–N with tert-alkyl or cyclic N) is 1. The second kappa shape index (κ2) is 11.7. The van der Waals surface area contributed by atoms with Crippen LogP contribution in [-0.2, 0) is 0 Å². The Morgan fingerprint density at radius 3 is 2.26 bits per heavy atom. The maximum atomic E-state index is 9.01. The van der Waals surface area contributed by atoms with Gasteiger partial charge in [0.15, 0.2) is 0 Å². The lowest BCUT2D eigenvalue weighted by molar-refractivity contribution is 0.171. The van der Waals surface area contributed by atoms with Crippen molar-refractivity contribution in [2.24, 2.45) is 0 Å². The first-order valence-corrected chi connectivity index (χ1v) is 8.46. The van der Waals surface area contributed by atoms with Gasteiger partial charge in [-0.15, -0.1) is 0 Å². The van der Waals surface area contributed by atoms with E-state index in [-0.39, 0.29) is 6.61 Å². The largest absolute Gasteiger partial charge is 0.395 e. The Hall–Kier alpha value is -0.120. The maximum absolute atomic E-state index is 9.01. The van der Waals surface area contributed by atoms with Gasteiger partial charge in [-0.1, -0.05) is 64.7 Å². The lowest BCUT2D eigenvalue weighted by Gasteiger charge is -2.22. The van der Waals surface area contributed by atoms with Gasteiger partial charge in [0.05, 0.1) is 12.8 Å². The highest BCUT2D eigenvalue weighted by Gasteiger charge is 2.22. The van der Waals surface area contributed by atoms with Crippen molar-refractivity contribution in [2.45, 2.75) is 77.3 Å². The molecule has 1 unspecified atom stereocenters. The van der Waals surface area contributed by atoms with Crippen LogP contribution in [0.3, 0.4) is 0 Å². The summed E-state index contributed by atoms with van der Waals surface area (Å²) >= 11 is 0. The van der Waals surface area contributed by atoms with Crippen LogP contribution in [0, 0.1) is 0 Å². The van der Waals surface area contributed by atoms with Crippen LogP contribution in [0.5, 0.6) is 0 Å². The van der Waals surface area contributed by atoms with Crippen LogP contribution >= 0.6 is 0 Å². The van der Waals surface area contributed by atoms with E-state index in [4.69, 9.17) is 5.11 Å². The number of aliphatic hydroxyl groups is 1. The Kier molecular flexibility index (Phi) is 10.4. The third-order valence-corrected chi connectivity index (χ3v) is 4.19. The Morgan fingerprint density at radius 1 is 1.00 bits per heavy atom. The molecule has 1 heterocycles. The smallest absolute Gasteiger partial charge is 0.0598 e. The van der Waals surface area contributed by atoms with Crippen LogP contribution in [0.1, 0.15) is 71.1 Å². The number of unbranched alkanes of at least 4 members (excludes halogenated alkanes) is 8. The molecule has 0 aliphatic carbocycles. The summed E-state index contributed by atoms with van der Waals surface area (Å²) in [6.45, 7) is 5.58. The van der Waals surface area contributed by atoms with E-state index >= 15 is 0 Å². The highest BCUT2D eigenvalue weighted by Crippen LogP contribution is 2.14. The number of nitrogens with one attached hydrogen (secondary N) is 1. The number of nitrogens with zero attached hydrogens (tertiary/aromatic N) is 1. The van der Waals surface area contributed by atoms with E-state index < -0.39 is 0 Å². The number of rotatable bonds is 12. The summed E-state index contributed by atoms with van der Waals surface area (Å²) < 4.78 is 0. The molecular weight excluding hydrogens is 236 g/mol. The molecule has 0 spiro atoms. The van der Waals surface area contributed by atoms with Crippen LogP contribution in [0.25, 0.3) is 0 Å². The standard InChI is InChI=1S/C16H34N2O/c1-2-3-4-5-6-7-8-9-10-11-16-17-12-13-18(16)14-15-19/h16-17,19H,2-15H2,1H3. The molecule has 1 rings (SSSR count). The molecule has 0 amide bonds. The predicted molar refractivity (Wildman–Crippen MR) is 82.3 cm³/mol. The molecule has 0 aromatic carbocycles. The first kappa shape index (κ1) is 16.9. The number of hydrogen-bond acceptors (Lipinski definition) is 3. The second-order valence-electron chi connectivity index (χ2n) is 5.85. The summed E-state index contributed by atoms with van der Waals surface area (Å²) in [6.07, 6.45) is 14.3. The van der Waals surface area contributed by atoms with Gasteiger partial charge in [0, 0.05) is 19.6 Å². The molecule has 0 bridgehead atoms. The van der Waals surface area contributed by atoms with E-state index in [1.54, 1.807) is 0 Å².